The van der Waals surface area contributed by atoms with Crippen molar-refractivity contribution >= 4 is 27.4 Å². The smallest absolute Gasteiger partial charge is 0.139 e. The van der Waals surface area contributed by atoms with E-state index in [0.29, 0.717) is 6.04 Å². The van der Waals surface area contributed by atoms with Gasteiger partial charge in [-0.1, -0.05) is 6.92 Å². The summed E-state index contributed by atoms with van der Waals surface area (Å²) in [6.07, 6.45) is 3.44. The maximum absolute atomic E-state index is 4.66. The summed E-state index contributed by atoms with van der Waals surface area (Å²) in [5, 5.41) is 4.78. The van der Waals surface area contributed by atoms with Crippen molar-refractivity contribution < 1.29 is 0 Å². The van der Waals surface area contributed by atoms with Gasteiger partial charge in [-0.3, -0.25) is 0 Å². The van der Waals surface area contributed by atoms with Crippen LogP contribution in [0.4, 0.5) is 5.82 Å². The van der Waals surface area contributed by atoms with Crippen molar-refractivity contribution in [1.82, 2.24) is 9.97 Å². The molecule has 4 heteroatoms. The fourth-order valence-electron chi connectivity index (χ4n) is 1.98. The topological polar surface area (TPSA) is 37.8 Å². The molecule has 3 rings (SSSR count). The van der Waals surface area contributed by atoms with Crippen LogP contribution in [0.2, 0.25) is 0 Å². The lowest BCUT2D eigenvalue weighted by Crippen LogP contribution is -2.06. The van der Waals surface area contributed by atoms with Crippen LogP contribution >= 0.6 is 11.3 Å². The SMILES string of the molecule is CCc1nc(NC2CC2)c2c(C)c(C)sc2n1. The number of anilines is 1. The molecule has 0 saturated heterocycles. The molecule has 1 aliphatic rings. The van der Waals surface area contributed by atoms with E-state index in [0.717, 1.165) is 22.9 Å². The minimum atomic E-state index is 0.636. The number of nitrogens with zero attached hydrogens (tertiary/aromatic N) is 2. The number of nitrogens with one attached hydrogen (secondary N) is 1. The fourth-order valence-corrected chi connectivity index (χ4v) is 3.03. The number of aryl methyl sites for hydroxylation is 3. The first-order valence-electron chi connectivity index (χ1n) is 6.22. The molecule has 0 radical (unpaired) electrons. The number of aromatic nitrogens is 2. The first-order valence-corrected chi connectivity index (χ1v) is 7.04. The number of thiophene rings is 1. The van der Waals surface area contributed by atoms with E-state index in [4.69, 9.17) is 0 Å². The van der Waals surface area contributed by atoms with Crippen molar-refractivity contribution in [3.05, 3.63) is 16.3 Å². The Morgan fingerprint density at radius 2 is 2.06 bits per heavy atom. The fraction of sp³-hybridized carbons (Fsp3) is 0.538. The van der Waals surface area contributed by atoms with E-state index in [1.807, 2.05) is 0 Å². The van der Waals surface area contributed by atoms with Gasteiger partial charge in [-0.25, -0.2) is 9.97 Å². The first kappa shape index (κ1) is 11.0. The summed E-state index contributed by atoms with van der Waals surface area (Å²) < 4.78 is 0. The maximum atomic E-state index is 4.66. The molecule has 90 valence electrons. The van der Waals surface area contributed by atoms with Gasteiger partial charge >= 0.3 is 0 Å². The molecule has 2 aromatic rings. The molecule has 1 N–H and O–H groups in total. The predicted molar refractivity (Wildman–Crippen MR) is 72.9 cm³/mol. The summed E-state index contributed by atoms with van der Waals surface area (Å²) in [4.78, 5) is 11.8. The van der Waals surface area contributed by atoms with Gasteiger partial charge in [0.25, 0.3) is 0 Å². The monoisotopic (exact) mass is 247 g/mol. The van der Waals surface area contributed by atoms with Crippen molar-refractivity contribution in [2.75, 3.05) is 5.32 Å². The van der Waals surface area contributed by atoms with Crippen molar-refractivity contribution in [2.24, 2.45) is 0 Å². The molecule has 0 atom stereocenters. The molecule has 0 aromatic carbocycles. The van der Waals surface area contributed by atoms with E-state index in [2.05, 4.69) is 36.1 Å². The highest BCUT2D eigenvalue weighted by Gasteiger charge is 2.24. The lowest BCUT2D eigenvalue weighted by molar-refractivity contribution is 0.956. The summed E-state index contributed by atoms with van der Waals surface area (Å²) in [5.74, 6) is 2.00. The zero-order chi connectivity index (χ0) is 12.0. The average molecular weight is 247 g/mol. The van der Waals surface area contributed by atoms with Gasteiger partial charge in [-0.15, -0.1) is 11.3 Å². The van der Waals surface area contributed by atoms with Crippen molar-refractivity contribution in [3.8, 4) is 0 Å². The second-order valence-corrected chi connectivity index (χ2v) is 5.93. The van der Waals surface area contributed by atoms with Gasteiger partial charge in [0, 0.05) is 17.3 Å². The molecular weight excluding hydrogens is 230 g/mol. The highest BCUT2D eigenvalue weighted by atomic mass is 32.1. The molecule has 17 heavy (non-hydrogen) atoms. The Balaban J connectivity index is 2.19. The predicted octanol–water partition coefficient (Wildman–Crippen LogP) is 3.44. The minimum absolute atomic E-state index is 0.636. The van der Waals surface area contributed by atoms with Crippen LogP contribution in [0.25, 0.3) is 10.2 Å². The standard InChI is InChI=1S/C13H17N3S/c1-4-10-15-12(14-9-5-6-9)11-7(2)8(3)17-13(11)16-10/h9H,4-6H2,1-3H3,(H,14,15,16). The molecule has 0 spiro atoms. The highest BCUT2D eigenvalue weighted by Crippen LogP contribution is 2.35. The molecule has 1 fully saturated rings. The lowest BCUT2D eigenvalue weighted by Gasteiger charge is -2.07. The van der Waals surface area contributed by atoms with E-state index in [1.165, 1.54) is 28.7 Å². The third-order valence-corrected chi connectivity index (χ3v) is 4.41. The van der Waals surface area contributed by atoms with Crippen LogP contribution in [0, 0.1) is 13.8 Å². The van der Waals surface area contributed by atoms with Crippen LogP contribution in [0.1, 0.15) is 36.0 Å². The molecular formula is C13H17N3S. The van der Waals surface area contributed by atoms with E-state index in [1.54, 1.807) is 11.3 Å². The van der Waals surface area contributed by atoms with Crippen LogP contribution in [-0.4, -0.2) is 16.0 Å². The van der Waals surface area contributed by atoms with Gasteiger partial charge in [0.05, 0.1) is 5.39 Å². The van der Waals surface area contributed by atoms with Crippen LogP contribution in [0.5, 0.6) is 0 Å². The van der Waals surface area contributed by atoms with Crippen LogP contribution in [-0.2, 0) is 6.42 Å². The zero-order valence-electron chi connectivity index (χ0n) is 10.5. The maximum Gasteiger partial charge on any atom is 0.139 e. The number of hydrogen-bond donors (Lipinski definition) is 1. The molecule has 0 bridgehead atoms. The largest absolute Gasteiger partial charge is 0.367 e. The van der Waals surface area contributed by atoms with Crippen LogP contribution in [0.15, 0.2) is 0 Å². The summed E-state index contributed by atoms with van der Waals surface area (Å²) in [6.45, 7) is 6.44. The number of fused-ring (bicyclic) bond motifs is 1. The van der Waals surface area contributed by atoms with Gasteiger partial charge in [0.1, 0.15) is 16.5 Å². The third-order valence-electron chi connectivity index (χ3n) is 3.31. The summed E-state index contributed by atoms with van der Waals surface area (Å²) in [7, 11) is 0. The molecule has 2 heterocycles. The lowest BCUT2D eigenvalue weighted by atomic mass is 10.2. The van der Waals surface area contributed by atoms with E-state index >= 15 is 0 Å². The van der Waals surface area contributed by atoms with Gasteiger partial charge in [0.15, 0.2) is 0 Å². The average Bonchev–Trinajstić information content (AvgIpc) is 3.06. The van der Waals surface area contributed by atoms with Gasteiger partial charge < -0.3 is 5.32 Å². The van der Waals surface area contributed by atoms with E-state index in [9.17, 15) is 0 Å². The summed E-state index contributed by atoms with van der Waals surface area (Å²) in [5.41, 5.74) is 1.33. The van der Waals surface area contributed by atoms with Gasteiger partial charge in [0.2, 0.25) is 0 Å². The van der Waals surface area contributed by atoms with Crippen LogP contribution in [0.3, 0.4) is 0 Å². The van der Waals surface area contributed by atoms with Crippen molar-refractivity contribution in [1.29, 1.82) is 0 Å². The first-order chi connectivity index (χ1) is 8.19. The molecule has 0 unspecified atom stereocenters. The second-order valence-electron chi connectivity index (χ2n) is 4.72. The Morgan fingerprint density at radius 1 is 1.29 bits per heavy atom. The molecule has 2 aromatic heterocycles. The third kappa shape index (κ3) is 1.90. The second kappa shape index (κ2) is 3.95. The van der Waals surface area contributed by atoms with Gasteiger partial charge in [-0.05, 0) is 32.3 Å². The molecule has 3 nitrogen and oxygen atoms in total. The van der Waals surface area contributed by atoms with Gasteiger partial charge in [-0.2, -0.15) is 0 Å². The highest BCUT2D eigenvalue weighted by molar-refractivity contribution is 7.18. The van der Waals surface area contributed by atoms with E-state index < -0.39 is 0 Å². The normalized spacial score (nSPS) is 15.5. The Morgan fingerprint density at radius 3 is 2.71 bits per heavy atom. The Hall–Kier alpha value is -1.16. The van der Waals surface area contributed by atoms with Crippen molar-refractivity contribution in [3.63, 3.8) is 0 Å². The molecule has 1 aliphatic carbocycles. The molecule has 1 saturated carbocycles. The summed E-state index contributed by atoms with van der Waals surface area (Å²) in [6, 6.07) is 0.636. The van der Waals surface area contributed by atoms with E-state index in [-0.39, 0.29) is 0 Å². The molecule has 0 aliphatic heterocycles. The Kier molecular flexibility index (Phi) is 2.54. The quantitative estimate of drug-likeness (QED) is 0.902. The number of hydrogen-bond acceptors (Lipinski definition) is 4. The molecule has 0 amide bonds. The van der Waals surface area contributed by atoms with Crippen LogP contribution < -0.4 is 5.32 Å². The Bertz CT molecular complexity index is 570. The number of rotatable bonds is 3. The zero-order valence-corrected chi connectivity index (χ0v) is 11.3. The minimum Gasteiger partial charge on any atom is -0.367 e. The summed E-state index contributed by atoms with van der Waals surface area (Å²) >= 11 is 1.78. The Labute approximate surface area is 105 Å². The van der Waals surface area contributed by atoms with Crippen molar-refractivity contribution in [2.45, 2.75) is 46.1 Å².